The molecule has 136 valence electrons. The number of amides is 1. The van der Waals surface area contributed by atoms with Gasteiger partial charge < -0.3 is 4.90 Å². The van der Waals surface area contributed by atoms with Gasteiger partial charge in [0.15, 0.2) is 5.13 Å². The van der Waals surface area contributed by atoms with Gasteiger partial charge in [0.25, 0.3) is 5.91 Å². The molecule has 0 atom stereocenters. The van der Waals surface area contributed by atoms with E-state index in [0.717, 1.165) is 33.2 Å². The molecular formula is C20H23N3OS2. The summed E-state index contributed by atoms with van der Waals surface area (Å²) in [5.41, 5.74) is 2.24. The van der Waals surface area contributed by atoms with Crippen molar-refractivity contribution in [1.29, 1.82) is 0 Å². The summed E-state index contributed by atoms with van der Waals surface area (Å²) >= 11 is 3.20. The van der Waals surface area contributed by atoms with Crippen LogP contribution >= 0.6 is 22.7 Å². The molecule has 3 rings (SSSR count). The van der Waals surface area contributed by atoms with E-state index in [1.54, 1.807) is 33.6 Å². The number of thiophene rings is 1. The zero-order valence-electron chi connectivity index (χ0n) is 15.3. The van der Waals surface area contributed by atoms with Gasteiger partial charge in [0.1, 0.15) is 0 Å². The highest BCUT2D eigenvalue weighted by Gasteiger charge is 2.18. The highest BCUT2D eigenvalue weighted by atomic mass is 32.1. The van der Waals surface area contributed by atoms with E-state index < -0.39 is 0 Å². The smallest absolute Gasteiger partial charge is 0.252 e. The second kappa shape index (κ2) is 8.58. The monoisotopic (exact) mass is 385 g/mol. The van der Waals surface area contributed by atoms with Gasteiger partial charge in [-0.2, -0.15) is 0 Å². The first kappa shape index (κ1) is 18.8. The van der Waals surface area contributed by atoms with Crippen molar-refractivity contribution in [2.75, 3.05) is 32.1 Å². The van der Waals surface area contributed by atoms with Gasteiger partial charge >= 0.3 is 0 Å². The highest BCUT2D eigenvalue weighted by Crippen LogP contribution is 2.30. The van der Waals surface area contributed by atoms with Crippen LogP contribution in [0.1, 0.15) is 17.4 Å². The third-order valence-electron chi connectivity index (χ3n) is 4.05. The van der Waals surface area contributed by atoms with Gasteiger partial charge in [-0.25, -0.2) is 4.98 Å². The molecule has 0 saturated heterocycles. The van der Waals surface area contributed by atoms with Crippen LogP contribution in [0.15, 0.2) is 41.8 Å². The van der Waals surface area contributed by atoms with Crippen LogP contribution in [0, 0.1) is 0 Å². The average Bonchev–Trinajstić information content (AvgIpc) is 3.28. The molecular weight excluding hydrogens is 362 g/mol. The summed E-state index contributed by atoms with van der Waals surface area (Å²) in [5.74, 6) is -0.0324. The van der Waals surface area contributed by atoms with Crippen LogP contribution in [0.3, 0.4) is 0 Å². The van der Waals surface area contributed by atoms with Gasteiger partial charge in [-0.15, -0.1) is 11.3 Å². The maximum absolute atomic E-state index is 12.8. The number of thiazole rings is 1. The second-order valence-corrected chi connectivity index (χ2v) is 8.28. The lowest BCUT2D eigenvalue weighted by molar-refractivity contribution is -0.114. The van der Waals surface area contributed by atoms with Crippen LogP contribution in [-0.2, 0) is 11.2 Å². The van der Waals surface area contributed by atoms with E-state index in [-0.39, 0.29) is 5.91 Å². The lowest BCUT2D eigenvalue weighted by atomic mass is 10.2. The Bertz CT molecular complexity index is 897. The third kappa shape index (κ3) is 4.58. The number of hydrogen-bond acceptors (Lipinski definition) is 5. The molecule has 0 aliphatic carbocycles. The number of fused-ring (bicyclic) bond motifs is 1. The van der Waals surface area contributed by atoms with Crippen molar-refractivity contribution >= 4 is 50.0 Å². The molecule has 0 radical (unpaired) electrons. The number of aryl methyl sites for hydroxylation is 1. The summed E-state index contributed by atoms with van der Waals surface area (Å²) in [7, 11) is 4.02. The number of carbonyl (C=O) groups is 1. The predicted octanol–water partition coefficient (Wildman–Crippen LogP) is 4.53. The molecule has 1 amide bonds. The zero-order valence-corrected chi connectivity index (χ0v) is 16.9. The lowest BCUT2D eigenvalue weighted by Crippen LogP contribution is -2.35. The molecule has 0 N–H and O–H groups in total. The molecule has 0 fully saturated rings. The summed E-state index contributed by atoms with van der Waals surface area (Å²) in [4.78, 5) is 22.5. The molecule has 26 heavy (non-hydrogen) atoms. The Morgan fingerprint density at radius 3 is 2.77 bits per heavy atom. The molecule has 0 saturated carbocycles. The van der Waals surface area contributed by atoms with Crippen LogP contribution in [0.4, 0.5) is 5.13 Å². The fraction of sp³-hybridized carbons (Fsp3) is 0.300. The molecule has 6 heteroatoms. The molecule has 4 nitrogen and oxygen atoms in total. The summed E-state index contributed by atoms with van der Waals surface area (Å²) in [6.07, 6.45) is 4.51. The van der Waals surface area contributed by atoms with E-state index in [1.165, 1.54) is 5.56 Å². The van der Waals surface area contributed by atoms with Crippen molar-refractivity contribution < 1.29 is 4.79 Å². The second-order valence-electron chi connectivity index (χ2n) is 6.29. The minimum Gasteiger partial charge on any atom is -0.308 e. The number of carbonyl (C=O) groups excluding carboxylic acids is 1. The number of anilines is 1. The molecule has 3 aromatic rings. The summed E-state index contributed by atoms with van der Waals surface area (Å²) in [6.45, 7) is 3.54. The van der Waals surface area contributed by atoms with Crippen molar-refractivity contribution in [3.8, 4) is 0 Å². The lowest BCUT2D eigenvalue weighted by Gasteiger charge is -2.20. The molecule has 2 aromatic heterocycles. The van der Waals surface area contributed by atoms with Gasteiger partial charge in [-0.3, -0.25) is 9.69 Å². The van der Waals surface area contributed by atoms with E-state index in [2.05, 4.69) is 24.0 Å². The molecule has 0 spiro atoms. The Kier molecular flexibility index (Phi) is 6.19. The first-order chi connectivity index (χ1) is 12.6. The first-order valence-electron chi connectivity index (χ1n) is 8.64. The standard InChI is InChI=1S/C20H23N3OS2/c1-4-15-7-9-17-18(14-15)26-20(21-17)23(12-11-22(2)3)19(24)10-8-16-6-5-13-25-16/h5-10,13-14H,4,11-12H2,1-3H3. The van der Waals surface area contributed by atoms with Gasteiger partial charge in [0.2, 0.25) is 0 Å². The minimum absolute atomic E-state index is 0.0324. The number of rotatable bonds is 7. The zero-order chi connectivity index (χ0) is 18.5. The molecule has 0 aliphatic rings. The number of nitrogens with zero attached hydrogens (tertiary/aromatic N) is 3. The Morgan fingerprint density at radius 2 is 2.08 bits per heavy atom. The molecule has 0 unspecified atom stereocenters. The van der Waals surface area contributed by atoms with E-state index in [1.807, 2.05) is 43.8 Å². The Labute approximate surface area is 162 Å². The first-order valence-corrected chi connectivity index (χ1v) is 10.3. The maximum atomic E-state index is 12.8. The number of aromatic nitrogens is 1. The van der Waals surface area contributed by atoms with Gasteiger partial charge in [-0.05, 0) is 55.7 Å². The third-order valence-corrected chi connectivity index (χ3v) is 5.93. The summed E-state index contributed by atoms with van der Waals surface area (Å²) in [6, 6.07) is 10.3. The topological polar surface area (TPSA) is 36.4 Å². The van der Waals surface area contributed by atoms with Crippen LogP contribution in [-0.4, -0.2) is 43.0 Å². The Morgan fingerprint density at radius 1 is 1.23 bits per heavy atom. The maximum Gasteiger partial charge on any atom is 0.252 e. The van der Waals surface area contributed by atoms with Crippen molar-refractivity contribution in [3.63, 3.8) is 0 Å². The van der Waals surface area contributed by atoms with Crippen LogP contribution in [0.25, 0.3) is 16.3 Å². The summed E-state index contributed by atoms with van der Waals surface area (Å²) < 4.78 is 1.13. The number of hydrogen-bond donors (Lipinski definition) is 0. The Hall–Kier alpha value is -2.02. The number of benzene rings is 1. The molecule has 1 aromatic carbocycles. The predicted molar refractivity (Wildman–Crippen MR) is 113 cm³/mol. The van der Waals surface area contributed by atoms with Crippen molar-refractivity contribution in [1.82, 2.24) is 9.88 Å². The largest absolute Gasteiger partial charge is 0.308 e. The highest BCUT2D eigenvalue weighted by molar-refractivity contribution is 7.22. The van der Waals surface area contributed by atoms with Crippen LogP contribution in [0.5, 0.6) is 0 Å². The quantitative estimate of drug-likeness (QED) is 0.561. The van der Waals surface area contributed by atoms with Crippen LogP contribution < -0.4 is 4.90 Å². The van der Waals surface area contributed by atoms with E-state index >= 15 is 0 Å². The Balaban J connectivity index is 1.88. The normalized spacial score (nSPS) is 11.7. The van der Waals surface area contributed by atoms with E-state index in [0.29, 0.717) is 6.54 Å². The fourth-order valence-electron chi connectivity index (χ4n) is 2.52. The summed E-state index contributed by atoms with van der Waals surface area (Å²) in [5, 5.41) is 2.77. The van der Waals surface area contributed by atoms with Crippen molar-refractivity contribution in [3.05, 3.63) is 52.2 Å². The van der Waals surface area contributed by atoms with Gasteiger partial charge in [0, 0.05) is 24.0 Å². The average molecular weight is 386 g/mol. The van der Waals surface area contributed by atoms with Gasteiger partial charge in [-0.1, -0.05) is 30.4 Å². The van der Waals surface area contributed by atoms with Gasteiger partial charge in [0.05, 0.1) is 10.2 Å². The van der Waals surface area contributed by atoms with Crippen molar-refractivity contribution in [2.45, 2.75) is 13.3 Å². The fourth-order valence-corrected chi connectivity index (χ4v) is 4.20. The van der Waals surface area contributed by atoms with Crippen molar-refractivity contribution in [2.24, 2.45) is 0 Å². The molecule has 2 heterocycles. The van der Waals surface area contributed by atoms with Crippen LogP contribution in [0.2, 0.25) is 0 Å². The van der Waals surface area contributed by atoms with E-state index in [4.69, 9.17) is 4.98 Å². The van der Waals surface area contributed by atoms with E-state index in [9.17, 15) is 4.79 Å². The minimum atomic E-state index is -0.0324. The number of likely N-dealkylation sites (N-methyl/N-ethyl adjacent to an activating group) is 1. The molecule has 0 aliphatic heterocycles. The SMILES string of the molecule is CCc1ccc2nc(N(CCN(C)C)C(=O)C=Cc3cccs3)sc2c1. The molecule has 0 bridgehead atoms.